The number of likely N-dealkylation sites (tertiary alicyclic amines) is 1. The number of carbonyl (C=O) groups is 1. The molecule has 1 N–H and O–H groups in total. The van der Waals surface area contributed by atoms with Crippen LogP contribution in [0, 0.1) is 23.2 Å². The second-order valence-electron chi connectivity index (χ2n) is 8.33. The first-order valence-electron chi connectivity index (χ1n) is 8.77. The van der Waals surface area contributed by atoms with Gasteiger partial charge in [-0.1, -0.05) is 13.8 Å². The summed E-state index contributed by atoms with van der Waals surface area (Å²) in [6, 6.07) is 0.588. The molecule has 1 aliphatic heterocycles. The topological polar surface area (TPSA) is 40.5 Å². The van der Waals surface area contributed by atoms with Crippen LogP contribution >= 0.6 is 0 Å². The molecule has 1 atom stereocenters. The SMILES string of the molecule is CC(C)N1CCC(C(C(=O)O)C2CCC(C)(C)CC2)CC1. The molecule has 0 aromatic rings. The molecule has 122 valence electrons. The molecule has 2 aliphatic rings. The minimum absolute atomic E-state index is 0.101. The van der Waals surface area contributed by atoms with Crippen LogP contribution in [0.15, 0.2) is 0 Å². The Labute approximate surface area is 130 Å². The fourth-order valence-corrected chi connectivity index (χ4v) is 4.36. The van der Waals surface area contributed by atoms with Crippen molar-refractivity contribution in [3.63, 3.8) is 0 Å². The van der Waals surface area contributed by atoms with Crippen molar-refractivity contribution >= 4 is 5.97 Å². The van der Waals surface area contributed by atoms with Gasteiger partial charge in [0.1, 0.15) is 0 Å². The molecule has 2 fully saturated rings. The predicted molar refractivity (Wildman–Crippen MR) is 86.3 cm³/mol. The van der Waals surface area contributed by atoms with Gasteiger partial charge >= 0.3 is 5.97 Å². The van der Waals surface area contributed by atoms with Crippen molar-refractivity contribution in [1.82, 2.24) is 4.90 Å². The molecule has 1 unspecified atom stereocenters. The highest BCUT2D eigenvalue weighted by Crippen LogP contribution is 2.44. The van der Waals surface area contributed by atoms with Gasteiger partial charge in [-0.25, -0.2) is 0 Å². The Balaban J connectivity index is 1.96. The standard InChI is InChI=1S/C18H33NO2/c1-13(2)19-11-7-15(8-12-19)16(17(20)21)14-5-9-18(3,4)10-6-14/h13-16H,5-12H2,1-4H3,(H,20,21). The highest BCUT2D eigenvalue weighted by atomic mass is 16.4. The third kappa shape index (κ3) is 4.21. The van der Waals surface area contributed by atoms with Gasteiger partial charge in [-0.2, -0.15) is 0 Å². The number of carboxylic acids is 1. The van der Waals surface area contributed by atoms with Crippen molar-refractivity contribution in [2.45, 2.75) is 72.3 Å². The van der Waals surface area contributed by atoms with E-state index in [1.807, 2.05) is 0 Å². The Kier molecular flexibility index (Phi) is 5.34. The van der Waals surface area contributed by atoms with E-state index in [9.17, 15) is 9.90 Å². The van der Waals surface area contributed by atoms with E-state index in [2.05, 4.69) is 32.6 Å². The molecule has 3 heteroatoms. The lowest BCUT2D eigenvalue weighted by atomic mass is 9.65. The highest BCUT2D eigenvalue weighted by Gasteiger charge is 2.40. The molecule has 0 aromatic carbocycles. The van der Waals surface area contributed by atoms with E-state index >= 15 is 0 Å². The maximum atomic E-state index is 11.9. The average Bonchev–Trinajstić information content (AvgIpc) is 2.41. The summed E-state index contributed by atoms with van der Waals surface area (Å²) in [5, 5.41) is 9.77. The molecular formula is C18H33NO2. The van der Waals surface area contributed by atoms with E-state index in [1.165, 1.54) is 12.8 Å². The van der Waals surface area contributed by atoms with E-state index in [4.69, 9.17) is 0 Å². The number of rotatable bonds is 4. The first-order chi connectivity index (χ1) is 9.80. The molecule has 0 aromatic heterocycles. The summed E-state index contributed by atoms with van der Waals surface area (Å²) < 4.78 is 0. The Bertz CT molecular complexity index is 346. The number of hydrogen-bond acceptors (Lipinski definition) is 2. The molecule has 2 rings (SSSR count). The first-order valence-corrected chi connectivity index (χ1v) is 8.77. The van der Waals surface area contributed by atoms with E-state index in [0.717, 1.165) is 38.8 Å². The van der Waals surface area contributed by atoms with Crippen LogP contribution in [-0.2, 0) is 4.79 Å². The molecule has 1 heterocycles. The molecule has 0 bridgehead atoms. The summed E-state index contributed by atoms with van der Waals surface area (Å²) in [6.07, 6.45) is 6.71. The molecule has 21 heavy (non-hydrogen) atoms. The van der Waals surface area contributed by atoms with Crippen LogP contribution in [0.2, 0.25) is 0 Å². The minimum atomic E-state index is -0.539. The fourth-order valence-electron chi connectivity index (χ4n) is 4.36. The van der Waals surface area contributed by atoms with Gasteiger partial charge in [0.15, 0.2) is 0 Å². The van der Waals surface area contributed by atoms with Gasteiger partial charge in [-0.3, -0.25) is 4.79 Å². The maximum absolute atomic E-state index is 11.9. The first kappa shape index (κ1) is 16.8. The quantitative estimate of drug-likeness (QED) is 0.851. The fraction of sp³-hybridized carbons (Fsp3) is 0.944. The lowest BCUT2D eigenvalue weighted by molar-refractivity contribution is -0.148. The minimum Gasteiger partial charge on any atom is -0.481 e. The molecule has 1 aliphatic carbocycles. The van der Waals surface area contributed by atoms with Crippen molar-refractivity contribution in [3.05, 3.63) is 0 Å². The van der Waals surface area contributed by atoms with Gasteiger partial charge in [-0.05, 0) is 82.7 Å². The van der Waals surface area contributed by atoms with Gasteiger partial charge in [0, 0.05) is 6.04 Å². The van der Waals surface area contributed by atoms with Crippen LogP contribution in [0.4, 0.5) is 0 Å². The molecular weight excluding hydrogens is 262 g/mol. The molecule has 0 amide bonds. The summed E-state index contributed by atoms with van der Waals surface area (Å²) >= 11 is 0. The molecule has 3 nitrogen and oxygen atoms in total. The van der Waals surface area contributed by atoms with Crippen LogP contribution in [0.25, 0.3) is 0 Å². The van der Waals surface area contributed by atoms with Crippen LogP contribution in [0.3, 0.4) is 0 Å². The summed E-state index contributed by atoms with van der Waals surface area (Å²) in [7, 11) is 0. The Hall–Kier alpha value is -0.570. The van der Waals surface area contributed by atoms with Crippen molar-refractivity contribution in [1.29, 1.82) is 0 Å². The van der Waals surface area contributed by atoms with Gasteiger partial charge in [0.25, 0.3) is 0 Å². The van der Waals surface area contributed by atoms with Gasteiger partial charge in [0.2, 0.25) is 0 Å². The predicted octanol–water partition coefficient (Wildman–Crippen LogP) is 4.02. The van der Waals surface area contributed by atoms with Gasteiger partial charge < -0.3 is 10.0 Å². The van der Waals surface area contributed by atoms with E-state index in [-0.39, 0.29) is 5.92 Å². The average molecular weight is 295 g/mol. The van der Waals surface area contributed by atoms with Gasteiger partial charge in [-0.15, -0.1) is 0 Å². The number of hydrogen-bond donors (Lipinski definition) is 1. The van der Waals surface area contributed by atoms with E-state index in [0.29, 0.717) is 23.3 Å². The lowest BCUT2D eigenvalue weighted by Gasteiger charge is -2.42. The molecule has 0 radical (unpaired) electrons. The summed E-state index contributed by atoms with van der Waals surface area (Å²) in [6.45, 7) is 11.3. The summed E-state index contributed by atoms with van der Waals surface area (Å²) in [5.41, 5.74) is 0.417. The van der Waals surface area contributed by atoms with Gasteiger partial charge in [0.05, 0.1) is 5.92 Å². The number of aliphatic carboxylic acids is 1. The Morgan fingerprint density at radius 2 is 1.52 bits per heavy atom. The summed E-state index contributed by atoms with van der Waals surface area (Å²) in [4.78, 5) is 14.3. The second kappa shape index (κ2) is 6.68. The van der Waals surface area contributed by atoms with Crippen molar-refractivity contribution in [2.75, 3.05) is 13.1 Å². The zero-order chi connectivity index (χ0) is 15.6. The number of piperidine rings is 1. The van der Waals surface area contributed by atoms with Crippen LogP contribution < -0.4 is 0 Å². The molecule has 1 saturated carbocycles. The largest absolute Gasteiger partial charge is 0.481 e. The smallest absolute Gasteiger partial charge is 0.307 e. The van der Waals surface area contributed by atoms with Crippen LogP contribution in [0.1, 0.15) is 66.2 Å². The summed E-state index contributed by atoms with van der Waals surface area (Å²) in [5.74, 6) is 0.160. The zero-order valence-corrected chi connectivity index (χ0v) is 14.3. The zero-order valence-electron chi connectivity index (χ0n) is 14.3. The van der Waals surface area contributed by atoms with Crippen molar-refractivity contribution in [3.8, 4) is 0 Å². The van der Waals surface area contributed by atoms with Crippen molar-refractivity contribution < 1.29 is 9.90 Å². The Morgan fingerprint density at radius 1 is 1.05 bits per heavy atom. The van der Waals surface area contributed by atoms with Crippen molar-refractivity contribution in [2.24, 2.45) is 23.2 Å². The van der Waals surface area contributed by atoms with Crippen LogP contribution in [0.5, 0.6) is 0 Å². The number of nitrogens with zero attached hydrogens (tertiary/aromatic N) is 1. The lowest BCUT2D eigenvalue weighted by Crippen LogP contribution is -2.43. The third-order valence-corrected chi connectivity index (χ3v) is 5.99. The second-order valence-corrected chi connectivity index (χ2v) is 8.33. The Morgan fingerprint density at radius 3 is 1.95 bits per heavy atom. The van der Waals surface area contributed by atoms with Crippen LogP contribution in [-0.4, -0.2) is 35.1 Å². The highest BCUT2D eigenvalue weighted by molar-refractivity contribution is 5.70. The van der Waals surface area contributed by atoms with E-state index in [1.54, 1.807) is 0 Å². The normalized spacial score (nSPS) is 26.9. The molecule has 1 saturated heterocycles. The monoisotopic (exact) mass is 295 g/mol. The third-order valence-electron chi connectivity index (χ3n) is 5.99. The van der Waals surface area contributed by atoms with E-state index < -0.39 is 5.97 Å². The molecule has 0 spiro atoms. The number of carboxylic acid groups (broad SMARTS) is 1. The maximum Gasteiger partial charge on any atom is 0.307 e.